The summed E-state index contributed by atoms with van der Waals surface area (Å²) in [5, 5.41) is 13.5. The maximum absolute atomic E-state index is 11.9. The number of esters is 1. The smallest absolute Gasteiger partial charge is 0.316 e. The van der Waals surface area contributed by atoms with E-state index in [0.717, 1.165) is 11.8 Å². The van der Waals surface area contributed by atoms with Crippen LogP contribution in [0.4, 0.5) is 11.4 Å². The Kier molecular flexibility index (Phi) is 6.98. The van der Waals surface area contributed by atoms with Gasteiger partial charge in [0.2, 0.25) is 0 Å². The molecular weight excluding hydrogens is 360 g/mol. The first-order chi connectivity index (χ1) is 12.5. The molecule has 9 heteroatoms. The molecule has 0 unspecified atom stereocenters. The van der Waals surface area contributed by atoms with Crippen LogP contribution in [0.1, 0.15) is 0 Å². The van der Waals surface area contributed by atoms with Crippen LogP contribution in [0.3, 0.4) is 0 Å². The van der Waals surface area contributed by atoms with Crippen molar-refractivity contribution in [3.05, 3.63) is 58.6 Å². The van der Waals surface area contributed by atoms with Gasteiger partial charge < -0.3 is 14.8 Å². The molecule has 0 saturated carbocycles. The Morgan fingerprint density at radius 2 is 1.85 bits per heavy atom. The van der Waals surface area contributed by atoms with Crippen molar-refractivity contribution in [3.63, 3.8) is 0 Å². The summed E-state index contributed by atoms with van der Waals surface area (Å²) in [5.74, 6) is -0.826. The molecule has 0 heterocycles. The molecule has 26 heavy (non-hydrogen) atoms. The van der Waals surface area contributed by atoms with Crippen LogP contribution in [-0.4, -0.2) is 36.3 Å². The number of carbonyl (C=O) groups is 2. The topological polar surface area (TPSA) is 108 Å². The first-order valence-electron chi connectivity index (χ1n) is 7.46. The van der Waals surface area contributed by atoms with Gasteiger partial charge in [0.15, 0.2) is 6.61 Å². The second-order valence-electron chi connectivity index (χ2n) is 4.92. The molecule has 0 aromatic heterocycles. The van der Waals surface area contributed by atoms with E-state index in [4.69, 9.17) is 9.47 Å². The zero-order valence-corrected chi connectivity index (χ0v) is 14.7. The van der Waals surface area contributed by atoms with Crippen molar-refractivity contribution in [1.29, 1.82) is 0 Å². The van der Waals surface area contributed by atoms with Crippen molar-refractivity contribution in [2.75, 3.05) is 24.8 Å². The van der Waals surface area contributed by atoms with Crippen molar-refractivity contribution < 1.29 is 24.0 Å². The number of thioether (sulfide) groups is 1. The molecule has 0 aliphatic carbocycles. The first-order valence-corrected chi connectivity index (χ1v) is 8.44. The summed E-state index contributed by atoms with van der Waals surface area (Å²) >= 11 is 0.977. The van der Waals surface area contributed by atoms with Gasteiger partial charge in [-0.25, -0.2) is 0 Å². The van der Waals surface area contributed by atoms with Gasteiger partial charge in [-0.15, -0.1) is 11.8 Å². The Morgan fingerprint density at radius 1 is 1.15 bits per heavy atom. The highest BCUT2D eigenvalue weighted by atomic mass is 32.2. The highest BCUT2D eigenvalue weighted by Crippen LogP contribution is 2.28. The highest BCUT2D eigenvalue weighted by Gasteiger charge is 2.15. The van der Waals surface area contributed by atoms with Crippen LogP contribution in [0.5, 0.6) is 5.75 Å². The molecule has 2 aromatic rings. The Hall–Kier alpha value is -3.07. The van der Waals surface area contributed by atoms with Crippen molar-refractivity contribution in [3.8, 4) is 5.75 Å². The van der Waals surface area contributed by atoms with Gasteiger partial charge in [-0.3, -0.25) is 19.7 Å². The quantitative estimate of drug-likeness (QED) is 0.327. The number of hydrogen-bond donors (Lipinski definition) is 1. The van der Waals surface area contributed by atoms with E-state index in [2.05, 4.69) is 5.32 Å². The van der Waals surface area contributed by atoms with Crippen molar-refractivity contribution in [2.24, 2.45) is 0 Å². The van der Waals surface area contributed by atoms with Gasteiger partial charge in [0.1, 0.15) is 5.75 Å². The summed E-state index contributed by atoms with van der Waals surface area (Å²) in [6.07, 6.45) is 0. The maximum Gasteiger partial charge on any atom is 0.316 e. The van der Waals surface area contributed by atoms with Gasteiger partial charge in [-0.05, 0) is 18.2 Å². The van der Waals surface area contributed by atoms with E-state index in [1.165, 1.54) is 13.2 Å². The molecule has 2 rings (SSSR count). The molecule has 1 amide bonds. The summed E-state index contributed by atoms with van der Waals surface area (Å²) in [7, 11) is 1.48. The van der Waals surface area contributed by atoms with E-state index in [9.17, 15) is 19.7 Å². The lowest BCUT2D eigenvalue weighted by molar-refractivity contribution is -0.387. The second kappa shape index (κ2) is 9.42. The highest BCUT2D eigenvalue weighted by molar-refractivity contribution is 8.00. The summed E-state index contributed by atoms with van der Waals surface area (Å²) in [4.78, 5) is 34.4. The largest absolute Gasteiger partial charge is 0.495 e. The zero-order chi connectivity index (χ0) is 18.9. The fourth-order valence-corrected chi connectivity index (χ4v) is 2.81. The van der Waals surface area contributed by atoms with E-state index in [1.807, 2.05) is 0 Å². The number of carbonyl (C=O) groups excluding carboxylic acids is 2. The van der Waals surface area contributed by atoms with Crippen LogP contribution in [0.2, 0.25) is 0 Å². The average molecular weight is 376 g/mol. The zero-order valence-electron chi connectivity index (χ0n) is 13.8. The van der Waals surface area contributed by atoms with Gasteiger partial charge in [-0.1, -0.05) is 24.3 Å². The number of nitrogens with zero attached hydrogens (tertiary/aromatic N) is 1. The van der Waals surface area contributed by atoms with Crippen LogP contribution >= 0.6 is 11.8 Å². The summed E-state index contributed by atoms with van der Waals surface area (Å²) in [5.41, 5.74) is 0.379. The molecule has 0 fully saturated rings. The lowest BCUT2D eigenvalue weighted by Gasteiger charge is -2.10. The summed E-state index contributed by atoms with van der Waals surface area (Å²) < 4.78 is 10.00. The van der Waals surface area contributed by atoms with Crippen molar-refractivity contribution in [1.82, 2.24) is 0 Å². The lowest BCUT2D eigenvalue weighted by Crippen LogP contribution is -2.21. The van der Waals surface area contributed by atoms with E-state index < -0.39 is 23.4 Å². The molecule has 0 spiro atoms. The van der Waals surface area contributed by atoms with Gasteiger partial charge in [-0.2, -0.15) is 0 Å². The van der Waals surface area contributed by atoms with Crippen LogP contribution < -0.4 is 10.1 Å². The molecule has 1 N–H and O–H groups in total. The average Bonchev–Trinajstić information content (AvgIpc) is 2.65. The Balaban J connectivity index is 1.82. The number of nitrogens with one attached hydrogen (secondary N) is 1. The third-order valence-electron chi connectivity index (χ3n) is 3.15. The molecule has 0 radical (unpaired) electrons. The SMILES string of the molecule is COc1ccccc1NC(=O)COC(=O)CSc1ccccc1[N+](=O)[O-]. The number of ether oxygens (including phenoxy) is 2. The molecule has 0 bridgehead atoms. The molecular formula is C17H16N2O6S. The van der Waals surface area contributed by atoms with Gasteiger partial charge >= 0.3 is 5.97 Å². The number of rotatable bonds is 8. The van der Waals surface area contributed by atoms with Crippen molar-refractivity contribution in [2.45, 2.75) is 4.90 Å². The predicted octanol–water partition coefficient (Wildman–Crippen LogP) is 2.88. The number of nitro benzene ring substituents is 1. The van der Waals surface area contributed by atoms with Crippen LogP contribution in [0.25, 0.3) is 0 Å². The number of hydrogen-bond acceptors (Lipinski definition) is 7. The monoisotopic (exact) mass is 376 g/mol. The second-order valence-corrected chi connectivity index (χ2v) is 5.94. The van der Waals surface area contributed by atoms with Gasteiger partial charge in [0.05, 0.1) is 28.4 Å². The summed E-state index contributed by atoms with van der Waals surface area (Å²) in [6, 6.07) is 12.9. The normalized spacial score (nSPS) is 10.0. The molecule has 0 atom stereocenters. The van der Waals surface area contributed by atoms with E-state index in [1.54, 1.807) is 42.5 Å². The standard InChI is InChI=1S/C17H16N2O6S/c1-24-14-8-4-2-6-12(14)18-16(20)10-25-17(21)11-26-15-9-5-3-7-13(15)19(22)23/h2-9H,10-11H2,1H3,(H,18,20). The lowest BCUT2D eigenvalue weighted by atomic mass is 10.3. The summed E-state index contributed by atoms with van der Waals surface area (Å²) in [6.45, 7) is -0.464. The maximum atomic E-state index is 11.9. The number of amides is 1. The van der Waals surface area contributed by atoms with Crippen LogP contribution in [0, 0.1) is 10.1 Å². The molecule has 0 aliphatic rings. The van der Waals surface area contributed by atoms with E-state index in [0.29, 0.717) is 16.3 Å². The Morgan fingerprint density at radius 3 is 2.58 bits per heavy atom. The molecule has 2 aromatic carbocycles. The fraction of sp³-hybridized carbons (Fsp3) is 0.176. The molecule has 0 saturated heterocycles. The van der Waals surface area contributed by atoms with Gasteiger partial charge in [0, 0.05) is 6.07 Å². The first kappa shape index (κ1) is 19.3. The molecule has 136 valence electrons. The number of methoxy groups -OCH3 is 1. The Labute approximate surface area is 153 Å². The van der Waals surface area contributed by atoms with Crippen LogP contribution in [0.15, 0.2) is 53.4 Å². The van der Waals surface area contributed by atoms with Gasteiger partial charge in [0.25, 0.3) is 11.6 Å². The van der Waals surface area contributed by atoms with E-state index in [-0.39, 0.29) is 11.4 Å². The third-order valence-corrected chi connectivity index (χ3v) is 4.19. The number of benzene rings is 2. The minimum Gasteiger partial charge on any atom is -0.495 e. The van der Waals surface area contributed by atoms with Crippen molar-refractivity contribution >= 4 is 35.0 Å². The van der Waals surface area contributed by atoms with Crippen LogP contribution in [-0.2, 0) is 14.3 Å². The molecule has 8 nitrogen and oxygen atoms in total. The van der Waals surface area contributed by atoms with E-state index >= 15 is 0 Å². The number of para-hydroxylation sites is 3. The predicted molar refractivity (Wildman–Crippen MR) is 96.4 cm³/mol. The fourth-order valence-electron chi connectivity index (χ4n) is 1.99. The number of anilines is 1. The minimum absolute atomic E-state index is 0.0841. The number of nitro groups is 1. The molecule has 0 aliphatic heterocycles. The minimum atomic E-state index is -0.650. The third kappa shape index (κ3) is 5.49. The Bertz CT molecular complexity index is 811.